The van der Waals surface area contributed by atoms with Gasteiger partial charge in [-0.25, -0.2) is 0 Å². The molecule has 0 saturated carbocycles. The summed E-state index contributed by atoms with van der Waals surface area (Å²) in [5, 5.41) is 15.5. The van der Waals surface area contributed by atoms with Gasteiger partial charge in [0.2, 0.25) is 5.91 Å². The fourth-order valence-electron chi connectivity index (χ4n) is 4.17. The molecule has 1 aromatic rings. The van der Waals surface area contributed by atoms with Gasteiger partial charge in [0.25, 0.3) is 5.91 Å². The Kier molecular flexibility index (Phi) is 12.1. The smallest absolute Gasteiger partial charge is 0.389 e. The van der Waals surface area contributed by atoms with Crippen molar-refractivity contribution in [2.24, 2.45) is 5.92 Å². The Balaban J connectivity index is 2.42. The second kappa shape index (κ2) is 14.5. The first kappa shape index (κ1) is 30.9. The highest BCUT2D eigenvalue weighted by Crippen LogP contribution is 2.29. The first-order valence-electron chi connectivity index (χ1n) is 12.8. The highest BCUT2D eigenvalue weighted by molar-refractivity contribution is 5.99. The summed E-state index contributed by atoms with van der Waals surface area (Å²) in [5.41, 5.74) is 0.355. The lowest BCUT2D eigenvalue weighted by atomic mass is 10.0. The Morgan fingerprint density at radius 1 is 1.27 bits per heavy atom. The van der Waals surface area contributed by atoms with Crippen LogP contribution in [0.3, 0.4) is 0 Å². The van der Waals surface area contributed by atoms with Crippen LogP contribution in [0.25, 0.3) is 0 Å². The molecule has 3 N–H and O–H groups in total. The first-order chi connectivity index (χ1) is 17.4. The van der Waals surface area contributed by atoms with Crippen molar-refractivity contribution in [3.63, 3.8) is 0 Å². The lowest BCUT2D eigenvalue weighted by Crippen LogP contribution is -2.47. The van der Waals surface area contributed by atoms with Crippen LogP contribution in [-0.4, -0.2) is 79.6 Å². The molecule has 2 amide bonds. The number of amides is 2. The molecule has 210 valence electrons. The molecule has 11 heteroatoms. The van der Waals surface area contributed by atoms with E-state index in [0.29, 0.717) is 25.4 Å². The van der Waals surface area contributed by atoms with Crippen molar-refractivity contribution in [3.8, 4) is 5.75 Å². The van der Waals surface area contributed by atoms with Gasteiger partial charge >= 0.3 is 6.18 Å². The summed E-state index contributed by atoms with van der Waals surface area (Å²) in [6.45, 7) is 6.82. The summed E-state index contributed by atoms with van der Waals surface area (Å²) in [6, 6.07) is 3.96. The number of fused-ring (bicyclic) bond motifs is 1. The van der Waals surface area contributed by atoms with Crippen LogP contribution in [0, 0.1) is 5.92 Å². The highest BCUT2D eigenvalue weighted by atomic mass is 19.4. The molecule has 0 aromatic heterocycles. The van der Waals surface area contributed by atoms with Gasteiger partial charge < -0.3 is 30.1 Å². The lowest BCUT2D eigenvalue weighted by Gasteiger charge is -2.34. The third-order valence-corrected chi connectivity index (χ3v) is 6.38. The molecule has 1 aromatic carbocycles. The summed E-state index contributed by atoms with van der Waals surface area (Å²) in [5.74, 6) is -0.973. The second-order valence-electron chi connectivity index (χ2n) is 9.73. The molecule has 0 bridgehead atoms. The van der Waals surface area contributed by atoms with Crippen molar-refractivity contribution in [2.75, 3.05) is 38.7 Å². The van der Waals surface area contributed by atoms with E-state index in [1.807, 2.05) is 20.9 Å². The topological polar surface area (TPSA) is 100 Å². The van der Waals surface area contributed by atoms with Gasteiger partial charge in [-0.1, -0.05) is 6.92 Å². The first-order valence-corrected chi connectivity index (χ1v) is 12.8. The number of halogens is 3. The molecule has 1 heterocycles. The largest absolute Gasteiger partial charge is 0.490 e. The summed E-state index contributed by atoms with van der Waals surface area (Å²) >= 11 is 0. The second-order valence-corrected chi connectivity index (χ2v) is 9.73. The molecule has 0 spiro atoms. The highest BCUT2D eigenvalue weighted by Gasteiger charge is 2.30. The molecule has 0 fully saturated rings. The van der Waals surface area contributed by atoms with E-state index >= 15 is 0 Å². The lowest BCUT2D eigenvalue weighted by molar-refractivity contribution is -0.142. The van der Waals surface area contributed by atoms with E-state index < -0.39 is 36.9 Å². The third-order valence-electron chi connectivity index (χ3n) is 6.38. The van der Waals surface area contributed by atoms with Crippen LogP contribution >= 0.6 is 0 Å². The van der Waals surface area contributed by atoms with Gasteiger partial charge in [0, 0.05) is 37.7 Å². The number of anilines is 1. The normalized spacial score (nSPS) is 23.0. The molecular formula is C26H40F3N3O5. The van der Waals surface area contributed by atoms with E-state index in [0.717, 1.165) is 19.3 Å². The minimum atomic E-state index is -4.44. The molecule has 1 aliphatic rings. The molecule has 0 aliphatic carbocycles. The number of likely N-dealkylation sites (N-methyl/N-ethyl adjacent to an activating group) is 1. The Morgan fingerprint density at radius 3 is 2.65 bits per heavy atom. The Labute approximate surface area is 216 Å². The number of carbonyl (C=O) groups is 2. The Morgan fingerprint density at radius 2 is 2.00 bits per heavy atom. The monoisotopic (exact) mass is 531 g/mol. The van der Waals surface area contributed by atoms with Gasteiger partial charge in [-0.05, 0) is 58.4 Å². The minimum Gasteiger partial charge on any atom is -0.490 e. The van der Waals surface area contributed by atoms with Crippen LogP contribution in [0.1, 0.15) is 63.2 Å². The molecule has 1 aliphatic heterocycles. The summed E-state index contributed by atoms with van der Waals surface area (Å²) in [7, 11) is 1.83. The number of alkyl halides is 3. The van der Waals surface area contributed by atoms with Gasteiger partial charge in [-0.3, -0.25) is 9.59 Å². The van der Waals surface area contributed by atoms with Crippen molar-refractivity contribution in [1.82, 2.24) is 10.2 Å². The molecule has 0 radical (unpaired) electrons. The molecule has 8 nitrogen and oxygen atoms in total. The van der Waals surface area contributed by atoms with E-state index in [-0.39, 0.29) is 36.0 Å². The Bertz CT molecular complexity index is 884. The van der Waals surface area contributed by atoms with Crippen LogP contribution in [-0.2, 0) is 9.53 Å². The zero-order chi connectivity index (χ0) is 27.6. The predicted molar refractivity (Wildman–Crippen MR) is 135 cm³/mol. The summed E-state index contributed by atoms with van der Waals surface area (Å²) in [6.07, 6.45) is -4.31. The van der Waals surface area contributed by atoms with E-state index in [1.54, 1.807) is 17.9 Å². The van der Waals surface area contributed by atoms with E-state index in [9.17, 15) is 27.9 Å². The third kappa shape index (κ3) is 10.1. The predicted octanol–water partition coefficient (Wildman–Crippen LogP) is 3.98. The minimum absolute atomic E-state index is 0.0677. The van der Waals surface area contributed by atoms with Gasteiger partial charge in [0.05, 0.1) is 36.8 Å². The maximum absolute atomic E-state index is 13.8. The molecule has 37 heavy (non-hydrogen) atoms. The zero-order valence-electron chi connectivity index (χ0n) is 22.1. The van der Waals surface area contributed by atoms with Crippen LogP contribution in [0.2, 0.25) is 0 Å². The van der Waals surface area contributed by atoms with Crippen molar-refractivity contribution >= 4 is 17.5 Å². The standard InChI is InChI=1S/C26H40F3N3O5/c1-17-15-32(18(2)16-33)25(35)21-13-20(31-24(34)10-11-26(27,28)29)8-9-22(21)37-19(3)7-5-6-12-36-23(17)14-30-4/h8-9,13,17-19,23,30,33H,5-7,10-12,14-16H2,1-4H3,(H,31,34)/t17-,18-,19+,23+/m0/s1. The number of carbonyl (C=O) groups excluding carboxylic acids is 2. The van der Waals surface area contributed by atoms with Gasteiger partial charge in [0.15, 0.2) is 0 Å². The van der Waals surface area contributed by atoms with Crippen LogP contribution in [0.5, 0.6) is 5.75 Å². The van der Waals surface area contributed by atoms with Crippen molar-refractivity contribution in [3.05, 3.63) is 23.8 Å². The fourth-order valence-corrected chi connectivity index (χ4v) is 4.17. The number of hydrogen-bond acceptors (Lipinski definition) is 6. The molecule has 2 rings (SSSR count). The van der Waals surface area contributed by atoms with Crippen LogP contribution in [0.4, 0.5) is 18.9 Å². The van der Waals surface area contributed by atoms with E-state index in [4.69, 9.17) is 9.47 Å². The zero-order valence-corrected chi connectivity index (χ0v) is 22.1. The SMILES string of the molecule is CNC[C@H]1OCCCC[C@@H](C)Oc2ccc(NC(=O)CCC(F)(F)F)cc2C(=O)N([C@@H](C)CO)C[C@@H]1C. The maximum Gasteiger partial charge on any atom is 0.389 e. The van der Waals surface area contributed by atoms with Crippen molar-refractivity contribution in [1.29, 1.82) is 0 Å². The van der Waals surface area contributed by atoms with Gasteiger partial charge in [-0.15, -0.1) is 0 Å². The average molecular weight is 532 g/mol. The van der Waals surface area contributed by atoms with Crippen LogP contribution < -0.4 is 15.4 Å². The van der Waals surface area contributed by atoms with E-state index in [1.165, 1.54) is 12.1 Å². The van der Waals surface area contributed by atoms with Gasteiger partial charge in [0.1, 0.15) is 5.75 Å². The number of nitrogens with one attached hydrogen (secondary N) is 2. The van der Waals surface area contributed by atoms with Crippen molar-refractivity contribution in [2.45, 2.75) is 77.3 Å². The Hall–Kier alpha value is -2.37. The number of rotatable bonds is 7. The maximum atomic E-state index is 13.8. The molecule has 0 unspecified atom stereocenters. The molecular weight excluding hydrogens is 491 g/mol. The quantitative estimate of drug-likeness (QED) is 0.492. The average Bonchev–Trinajstić information content (AvgIpc) is 2.84. The number of aliphatic hydroxyl groups is 1. The number of benzene rings is 1. The molecule has 0 saturated heterocycles. The number of hydrogen-bond donors (Lipinski definition) is 3. The van der Waals surface area contributed by atoms with Crippen LogP contribution in [0.15, 0.2) is 18.2 Å². The number of aliphatic hydroxyl groups excluding tert-OH is 1. The van der Waals surface area contributed by atoms with Crippen molar-refractivity contribution < 1.29 is 37.3 Å². The van der Waals surface area contributed by atoms with E-state index in [2.05, 4.69) is 10.6 Å². The van der Waals surface area contributed by atoms with Gasteiger partial charge in [-0.2, -0.15) is 13.2 Å². The summed E-state index contributed by atoms with van der Waals surface area (Å²) < 4.78 is 49.8. The number of ether oxygens (including phenoxy) is 2. The number of nitrogens with zero attached hydrogens (tertiary/aromatic N) is 1. The fraction of sp³-hybridized carbons (Fsp3) is 0.692. The molecule has 4 atom stereocenters. The summed E-state index contributed by atoms with van der Waals surface area (Å²) in [4.78, 5) is 27.5.